The number of nitrogens with zero attached hydrogens (tertiary/aromatic N) is 2. The van der Waals surface area contributed by atoms with Gasteiger partial charge in [-0.2, -0.15) is 0 Å². The first kappa shape index (κ1) is 18.3. The van der Waals surface area contributed by atoms with Crippen molar-refractivity contribution in [2.24, 2.45) is 0 Å². The summed E-state index contributed by atoms with van der Waals surface area (Å²) in [5.74, 6) is 0.162. The molecule has 3 heterocycles. The minimum atomic E-state index is -1.41. The number of phenols is 1. The van der Waals surface area contributed by atoms with Crippen LogP contribution in [-0.4, -0.2) is 33.2 Å². The maximum absolute atomic E-state index is 13.1. The van der Waals surface area contributed by atoms with Gasteiger partial charge in [-0.1, -0.05) is 6.92 Å². The number of aromatic nitrogens is 2. The van der Waals surface area contributed by atoms with Crippen LogP contribution >= 0.6 is 0 Å². The minimum Gasteiger partial charge on any atom is -0.508 e. The fourth-order valence-corrected chi connectivity index (χ4v) is 3.99. The van der Waals surface area contributed by atoms with Gasteiger partial charge in [-0.05, 0) is 36.2 Å². The first-order valence-electron chi connectivity index (χ1n) is 9.03. The second-order valence-corrected chi connectivity index (χ2v) is 6.84. The number of carbonyl (C=O) groups excluding carboxylic acids is 1. The van der Waals surface area contributed by atoms with Gasteiger partial charge >= 0.3 is 0 Å². The van der Waals surface area contributed by atoms with Crippen LogP contribution in [-0.2, 0) is 29.1 Å². The van der Waals surface area contributed by atoms with Crippen molar-refractivity contribution in [3.8, 4) is 17.1 Å². The van der Waals surface area contributed by atoms with Gasteiger partial charge in [0, 0.05) is 29.2 Å². The van der Waals surface area contributed by atoms with Crippen molar-refractivity contribution in [3.63, 3.8) is 0 Å². The number of carbonyl (C=O) groups is 1. The van der Waals surface area contributed by atoms with Gasteiger partial charge in [-0.3, -0.25) is 4.79 Å². The van der Waals surface area contributed by atoms with E-state index in [1.54, 1.807) is 28.8 Å². The summed E-state index contributed by atoms with van der Waals surface area (Å²) in [4.78, 5) is 29.0. The molecule has 1 atom stereocenters. The zero-order chi connectivity index (χ0) is 20.0. The number of pyridine rings is 2. The minimum absolute atomic E-state index is 0.000394. The van der Waals surface area contributed by atoms with Crippen LogP contribution in [0.25, 0.3) is 22.3 Å². The smallest absolute Gasteiger partial charge is 0.257 e. The number of aldehydes is 1. The Kier molecular flexibility index (Phi) is 4.49. The van der Waals surface area contributed by atoms with Gasteiger partial charge in [0.1, 0.15) is 11.9 Å². The number of hydrogen-bond donors (Lipinski definition) is 2. The molecule has 0 saturated heterocycles. The number of fused-ring (bicyclic) bond motifs is 4. The predicted octanol–water partition coefficient (Wildman–Crippen LogP) is 2.07. The molecule has 0 aliphatic carbocycles. The van der Waals surface area contributed by atoms with Crippen molar-refractivity contribution in [1.29, 1.82) is 0 Å². The van der Waals surface area contributed by atoms with Crippen molar-refractivity contribution in [2.75, 3.05) is 7.11 Å². The molecule has 1 unspecified atom stereocenters. The topological polar surface area (TPSA) is 102 Å². The number of ether oxygens (including phenoxy) is 1. The third kappa shape index (κ3) is 2.63. The third-order valence-corrected chi connectivity index (χ3v) is 5.27. The Morgan fingerprint density at radius 2 is 2.11 bits per heavy atom. The average Bonchev–Trinajstić information content (AvgIpc) is 3.06. The molecule has 1 aromatic carbocycles. The highest BCUT2D eigenvalue weighted by atomic mass is 16.5. The Morgan fingerprint density at radius 3 is 2.79 bits per heavy atom. The molecule has 28 heavy (non-hydrogen) atoms. The molecule has 0 radical (unpaired) electrons. The highest BCUT2D eigenvalue weighted by Gasteiger charge is 2.29. The molecular weight excluding hydrogens is 360 g/mol. The Morgan fingerprint density at radius 1 is 1.32 bits per heavy atom. The molecule has 4 rings (SSSR count). The lowest BCUT2D eigenvalue weighted by molar-refractivity contribution is -0.115. The van der Waals surface area contributed by atoms with Crippen molar-refractivity contribution >= 4 is 17.2 Å². The Balaban J connectivity index is 2.04. The molecule has 0 fully saturated rings. The van der Waals surface area contributed by atoms with Gasteiger partial charge in [0.05, 0.1) is 30.1 Å². The lowest BCUT2D eigenvalue weighted by atomic mass is 9.98. The fraction of sp³-hybridized carbons (Fsp3) is 0.286. The molecule has 7 nitrogen and oxygen atoms in total. The summed E-state index contributed by atoms with van der Waals surface area (Å²) >= 11 is 0. The van der Waals surface area contributed by atoms with Gasteiger partial charge in [0.25, 0.3) is 5.56 Å². The molecule has 144 valence electrons. The van der Waals surface area contributed by atoms with E-state index in [2.05, 4.69) is 0 Å². The number of hydrogen-bond acceptors (Lipinski definition) is 6. The van der Waals surface area contributed by atoms with E-state index in [1.165, 1.54) is 7.11 Å². The number of rotatable bonds is 5. The number of aromatic hydroxyl groups is 1. The molecule has 0 spiro atoms. The SMILES string of the molecule is CCc1c2c(nc3ccc(O)cc13)-c1cc(C(O)C=O)c(COC)c(=O)n1C2. The number of aliphatic hydroxyl groups excluding tert-OH is 1. The van der Waals surface area contributed by atoms with E-state index in [9.17, 15) is 19.8 Å². The molecule has 1 aliphatic rings. The molecular formula is C21H20N2O5. The summed E-state index contributed by atoms with van der Waals surface area (Å²) in [5.41, 5.74) is 4.08. The van der Waals surface area contributed by atoms with Crippen LogP contribution in [0.15, 0.2) is 29.1 Å². The molecule has 2 N–H and O–H groups in total. The van der Waals surface area contributed by atoms with Crippen molar-refractivity contribution in [3.05, 3.63) is 56.9 Å². The van der Waals surface area contributed by atoms with E-state index in [0.717, 1.165) is 16.5 Å². The number of benzene rings is 1. The number of aliphatic hydroxyl groups is 1. The first-order chi connectivity index (χ1) is 13.5. The molecule has 0 bridgehead atoms. The third-order valence-electron chi connectivity index (χ3n) is 5.27. The standard InChI is InChI=1S/C21H20N2O5/c1-3-12-13-6-11(25)4-5-17(13)22-20-15(12)8-23-18(20)7-14(19(26)9-24)16(10-28-2)21(23)27/h4-7,9,19,25-26H,3,8,10H2,1-2H3. The Hall–Kier alpha value is -3.03. The largest absolute Gasteiger partial charge is 0.508 e. The van der Waals surface area contributed by atoms with Gasteiger partial charge in [0.15, 0.2) is 6.29 Å². The van der Waals surface area contributed by atoms with Gasteiger partial charge in [-0.25, -0.2) is 4.98 Å². The summed E-state index contributed by atoms with van der Waals surface area (Å²) < 4.78 is 6.72. The number of aryl methyl sites for hydroxylation is 1. The summed E-state index contributed by atoms with van der Waals surface area (Å²) in [6.45, 7) is 2.36. The van der Waals surface area contributed by atoms with E-state index in [0.29, 0.717) is 36.2 Å². The lowest BCUT2D eigenvalue weighted by Crippen LogP contribution is -2.26. The second-order valence-electron chi connectivity index (χ2n) is 6.84. The maximum Gasteiger partial charge on any atom is 0.257 e. The average molecular weight is 380 g/mol. The van der Waals surface area contributed by atoms with Crippen LogP contribution < -0.4 is 5.56 Å². The van der Waals surface area contributed by atoms with E-state index in [4.69, 9.17) is 9.72 Å². The quantitative estimate of drug-likeness (QED) is 0.514. The monoisotopic (exact) mass is 380 g/mol. The zero-order valence-corrected chi connectivity index (χ0v) is 15.6. The van der Waals surface area contributed by atoms with Crippen LogP contribution in [0.3, 0.4) is 0 Å². The molecule has 0 saturated carbocycles. The van der Waals surface area contributed by atoms with Gasteiger partial charge in [-0.15, -0.1) is 0 Å². The molecule has 1 aliphatic heterocycles. The van der Waals surface area contributed by atoms with Gasteiger partial charge in [0.2, 0.25) is 0 Å². The van der Waals surface area contributed by atoms with Gasteiger partial charge < -0.3 is 24.3 Å². The first-order valence-corrected chi connectivity index (χ1v) is 9.03. The number of phenolic OH excluding ortho intramolecular Hbond substituents is 1. The van der Waals surface area contributed by atoms with Crippen molar-refractivity contribution in [1.82, 2.24) is 9.55 Å². The van der Waals surface area contributed by atoms with E-state index >= 15 is 0 Å². The van der Waals surface area contributed by atoms with E-state index in [-0.39, 0.29) is 29.0 Å². The maximum atomic E-state index is 13.1. The molecule has 7 heteroatoms. The van der Waals surface area contributed by atoms with Crippen LogP contribution in [0.1, 0.15) is 35.3 Å². The summed E-state index contributed by atoms with van der Waals surface area (Å²) in [6, 6.07) is 6.66. The van der Waals surface area contributed by atoms with E-state index < -0.39 is 6.10 Å². The Bertz CT molecular complexity index is 1170. The summed E-state index contributed by atoms with van der Waals surface area (Å²) in [5, 5.41) is 20.9. The van der Waals surface area contributed by atoms with Crippen LogP contribution in [0.5, 0.6) is 5.75 Å². The summed E-state index contributed by atoms with van der Waals surface area (Å²) in [7, 11) is 1.46. The highest BCUT2D eigenvalue weighted by Crippen LogP contribution is 2.37. The fourth-order valence-electron chi connectivity index (χ4n) is 3.99. The molecule has 0 amide bonds. The van der Waals surface area contributed by atoms with E-state index in [1.807, 2.05) is 6.92 Å². The van der Waals surface area contributed by atoms with Crippen molar-refractivity contribution in [2.45, 2.75) is 32.6 Å². The Labute approximate surface area is 160 Å². The van der Waals surface area contributed by atoms with Crippen molar-refractivity contribution < 1.29 is 19.7 Å². The zero-order valence-electron chi connectivity index (χ0n) is 15.6. The second kappa shape index (κ2) is 6.85. The summed E-state index contributed by atoms with van der Waals surface area (Å²) in [6.07, 6.45) is -0.298. The van der Waals surface area contributed by atoms with Crippen LogP contribution in [0.2, 0.25) is 0 Å². The highest BCUT2D eigenvalue weighted by molar-refractivity contribution is 5.89. The van der Waals surface area contributed by atoms with Crippen LogP contribution in [0, 0.1) is 0 Å². The lowest BCUT2D eigenvalue weighted by Gasteiger charge is -2.14. The normalized spacial score (nSPS) is 13.4. The molecule has 3 aromatic rings. The molecule has 2 aromatic heterocycles. The predicted molar refractivity (Wildman–Crippen MR) is 103 cm³/mol. The number of methoxy groups -OCH3 is 1. The van der Waals surface area contributed by atoms with Crippen LogP contribution in [0.4, 0.5) is 0 Å².